The number of hydrogen-bond donors (Lipinski definition) is 0. The summed E-state index contributed by atoms with van der Waals surface area (Å²) in [7, 11) is 0. The zero-order chi connectivity index (χ0) is 21.7. The lowest BCUT2D eigenvalue weighted by molar-refractivity contribution is -0.136. The summed E-state index contributed by atoms with van der Waals surface area (Å²) in [6.45, 7) is 8.77. The molecule has 1 aromatic heterocycles. The van der Waals surface area contributed by atoms with Crippen molar-refractivity contribution in [2.45, 2.75) is 59.2 Å². The van der Waals surface area contributed by atoms with Gasteiger partial charge >= 0.3 is 0 Å². The van der Waals surface area contributed by atoms with Crippen molar-refractivity contribution >= 4 is 40.7 Å². The molecule has 2 aromatic carbocycles. The Bertz CT molecular complexity index is 1010. The normalized spacial score (nSPS) is 13.6. The van der Waals surface area contributed by atoms with Crippen LogP contribution >= 0.6 is 11.6 Å². The first-order chi connectivity index (χ1) is 14.4. The monoisotopic (exact) mass is 423 g/mol. The summed E-state index contributed by atoms with van der Waals surface area (Å²) in [5.74, 6) is 0.899. The first-order valence-electron chi connectivity index (χ1n) is 10.6. The van der Waals surface area contributed by atoms with Crippen molar-refractivity contribution < 1.29 is 4.79 Å². The number of aromatic nitrogens is 2. The van der Waals surface area contributed by atoms with Crippen LogP contribution in [0.3, 0.4) is 0 Å². The van der Waals surface area contributed by atoms with Gasteiger partial charge < -0.3 is 9.47 Å². The van der Waals surface area contributed by atoms with Crippen LogP contribution in [0.2, 0.25) is 5.02 Å². The molecule has 0 aliphatic carbocycles. The SMILES string of the molecule is CCC(C)N(C(=O)Cn1c(/C=C/c2ccc(Cl)cc2)nc2ccccc21)C(C)CC. The number of hydrogen-bond acceptors (Lipinski definition) is 2. The molecule has 0 radical (unpaired) electrons. The fourth-order valence-electron chi connectivity index (χ4n) is 3.67. The Morgan fingerprint density at radius 2 is 1.67 bits per heavy atom. The minimum atomic E-state index is 0.128. The molecule has 4 nitrogen and oxygen atoms in total. The molecule has 0 aliphatic rings. The van der Waals surface area contributed by atoms with E-state index in [0.29, 0.717) is 5.02 Å². The van der Waals surface area contributed by atoms with Crippen LogP contribution in [0.5, 0.6) is 0 Å². The van der Waals surface area contributed by atoms with Gasteiger partial charge in [-0.3, -0.25) is 4.79 Å². The van der Waals surface area contributed by atoms with Crippen molar-refractivity contribution in [1.29, 1.82) is 0 Å². The highest BCUT2D eigenvalue weighted by molar-refractivity contribution is 6.30. The largest absolute Gasteiger partial charge is 0.336 e. The van der Waals surface area contributed by atoms with Crippen LogP contribution in [0.1, 0.15) is 51.9 Å². The Balaban J connectivity index is 1.96. The van der Waals surface area contributed by atoms with Gasteiger partial charge in [0.15, 0.2) is 0 Å². The number of nitrogens with zero attached hydrogens (tertiary/aromatic N) is 3. The van der Waals surface area contributed by atoms with Crippen molar-refractivity contribution in [2.24, 2.45) is 0 Å². The standard InChI is InChI=1S/C25H30ClN3O/c1-5-18(3)29(19(4)6-2)25(30)17-28-23-10-8-7-9-22(23)27-24(28)16-13-20-11-14-21(26)15-12-20/h7-16,18-19H,5-6,17H2,1-4H3/b16-13+. The topological polar surface area (TPSA) is 38.1 Å². The van der Waals surface area contributed by atoms with Gasteiger partial charge in [-0.25, -0.2) is 4.98 Å². The molecule has 3 aromatic rings. The number of para-hydroxylation sites is 2. The number of amides is 1. The first-order valence-corrected chi connectivity index (χ1v) is 11.0. The van der Waals surface area contributed by atoms with E-state index in [9.17, 15) is 4.79 Å². The van der Waals surface area contributed by atoms with Crippen molar-refractivity contribution in [1.82, 2.24) is 14.5 Å². The van der Waals surface area contributed by atoms with Crippen molar-refractivity contribution in [3.05, 3.63) is 64.9 Å². The molecule has 2 unspecified atom stereocenters. The molecule has 0 spiro atoms. The molecule has 0 saturated carbocycles. The van der Waals surface area contributed by atoms with Crippen LogP contribution < -0.4 is 0 Å². The van der Waals surface area contributed by atoms with E-state index in [0.717, 1.165) is 35.3 Å². The van der Waals surface area contributed by atoms with Crippen LogP contribution in [0.25, 0.3) is 23.2 Å². The predicted octanol–water partition coefficient (Wildman–Crippen LogP) is 6.29. The summed E-state index contributed by atoms with van der Waals surface area (Å²) in [5, 5.41) is 0.708. The second kappa shape index (κ2) is 9.94. The number of fused-ring (bicyclic) bond motifs is 1. The van der Waals surface area contributed by atoms with Crippen molar-refractivity contribution in [3.63, 3.8) is 0 Å². The molecule has 1 amide bonds. The minimum absolute atomic E-state index is 0.128. The zero-order valence-corrected chi connectivity index (χ0v) is 18.9. The number of carbonyl (C=O) groups excluding carboxylic acids is 1. The van der Waals surface area contributed by atoms with E-state index in [4.69, 9.17) is 16.6 Å². The predicted molar refractivity (Wildman–Crippen MR) is 126 cm³/mol. The fraction of sp³-hybridized carbons (Fsp3) is 0.360. The molecule has 30 heavy (non-hydrogen) atoms. The summed E-state index contributed by atoms with van der Waals surface area (Å²) in [6, 6.07) is 16.0. The van der Waals surface area contributed by atoms with E-state index >= 15 is 0 Å². The van der Waals surface area contributed by atoms with Gasteiger partial charge in [0.25, 0.3) is 0 Å². The van der Waals surface area contributed by atoms with E-state index < -0.39 is 0 Å². The van der Waals surface area contributed by atoms with E-state index in [2.05, 4.69) is 27.7 Å². The third-order valence-electron chi connectivity index (χ3n) is 5.69. The third kappa shape index (κ3) is 4.93. The van der Waals surface area contributed by atoms with E-state index in [-0.39, 0.29) is 24.5 Å². The molecule has 0 saturated heterocycles. The van der Waals surface area contributed by atoms with Gasteiger partial charge in [-0.2, -0.15) is 0 Å². The molecule has 3 rings (SSSR count). The van der Waals surface area contributed by atoms with Gasteiger partial charge in [0, 0.05) is 17.1 Å². The van der Waals surface area contributed by atoms with E-state index in [1.165, 1.54) is 0 Å². The fourth-order valence-corrected chi connectivity index (χ4v) is 3.79. The van der Waals surface area contributed by atoms with Gasteiger partial charge in [0.1, 0.15) is 12.4 Å². The zero-order valence-electron chi connectivity index (χ0n) is 18.2. The smallest absolute Gasteiger partial charge is 0.243 e. The summed E-state index contributed by atoms with van der Waals surface area (Å²) < 4.78 is 2.02. The summed E-state index contributed by atoms with van der Waals surface area (Å²) in [6.07, 6.45) is 5.83. The van der Waals surface area contributed by atoms with Gasteiger partial charge in [-0.05, 0) is 62.6 Å². The highest BCUT2D eigenvalue weighted by Gasteiger charge is 2.24. The molecule has 0 fully saturated rings. The van der Waals surface area contributed by atoms with Gasteiger partial charge in [-0.1, -0.05) is 55.8 Å². The molecule has 1 heterocycles. The maximum atomic E-state index is 13.4. The van der Waals surface area contributed by atoms with Crippen LogP contribution in [0.4, 0.5) is 0 Å². The Labute approximate surface area is 184 Å². The van der Waals surface area contributed by atoms with Crippen LogP contribution in [-0.4, -0.2) is 32.4 Å². The number of rotatable bonds is 8. The Hall–Kier alpha value is -2.59. The van der Waals surface area contributed by atoms with Crippen molar-refractivity contribution in [3.8, 4) is 0 Å². The lowest BCUT2D eigenvalue weighted by Gasteiger charge is -2.34. The lowest BCUT2D eigenvalue weighted by atomic mass is 10.1. The van der Waals surface area contributed by atoms with Crippen LogP contribution in [0, 0.1) is 0 Å². The molecule has 0 N–H and O–H groups in total. The lowest BCUT2D eigenvalue weighted by Crippen LogP contribution is -2.45. The molecule has 0 bridgehead atoms. The quantitative estimate of drug-likeness (QED) is 0.427. The summed E-state index contributed by atoms with van der Waals surface area (Å²) >= 11 is 5.99. The number of imidazole rings is 1. The highest BCUT2D eigenvalue weighted by atomic mass is 35.5. The van der Waals surface area contributed by atoms with Crippen LogP contribution in [-0.2, 0) is 11.3 Å². The van der Waals surface area contributed by atoms with Gasteiger partial charge in [-0.15, -0.1) is 0 Å². The number of halogens is 1. The highest BCUT2D eigenvalue weighted by Crippen LogP contribution is 2.21. The molecule has 5 heteroatoms. The van der Waals surface area contributed by atoms with Crippen molar-refractivity contribution in [2.75, 3.05) is 0 Å². The number of carbonyl (C=O) groups is 1. The van der Waals surface area contributed by atoms with Gasteiger partial charge in [0.05, 0.1) is 11.0 Å². The minimum Gasteiger partial charge on any atom is -0.336 e. The van der Waals surface area contributed by atoms with E-state index in [1.807, 2.05) is 70.1 Å². The Kier molecular flexibility index (Phi) is 7.33. The molecular formula is C25H30ClN3O. The Morgan fingerprint density at radius 1 is 1.03 bits per heavy atom. The maximum absolute atomic E-state index is 13.4. The molecule has 158 valence electrons. The average molecular weight is 424 g/mol. The maximum Gasteiger partial charge on any atom is 0.243 e. The second-order valence-corrected chi connectivity index (χ2v) is 8.18. The first kappa shape index (κ1) is 22.1. The third-order valence-corrected chi connectivity index (χ3v) is 5.94. The average Bonchev–Trinajstić information content (AvgIpc) is 3.10. The molecule has 2 atom stereocenters. The second-order valence-electron chi connectivity index (χ2n) is 7.75. The van der Waals surface area contributed by atoms with E-state index in [1.54, 1.807) is 0 Å². The van der Waals surface area contributed by atoms with Crippen LogP contribution in [0.15, 0.2) is 48.5 Å². The number of benzene rings is 2. The summed E-state index contributed by atoms with van der Waals surface area (Å²) in [5.41, 5.74) is 2.89. The summed E-state index contributed by atoms with van der Waals surface area (Å²) in [4.78, 5) is 20.2. The molecular weight excluding hydrogens is 394 g/mol. The molecule has 0 aliphatic heterocycles. The van der Waals surface area contributed by atoms with Gasteiger partial charge in [0.2, 0.25) is 5.91 Å². The Morgan fingerprint density at radius 3 is 2.30 bits per heavy atom.